The lowest BCUT2D eigenvalue weighted by atomic mass is 10.0. The molecule has 2 heterocycles. The Morgan fingerprint density at radius 3 is 2.50 bits per heavy atom. The Balaban J connectivity index is 1.78. The maximum Gasteiger partial charge on any atom is 0.278 e. The van der Waals surface area contributed by atoms with E-state index in [0.29, 0.717) is 30.8 Å². The van der Waals surface area contributed by atoms with E-state index in [4.69, 9.17) is 4.74 Å². The number of rotatable bonds is 7. The fourth-order valence-electron chi connectivity index (χ4n) is 3.96. The Hall–Kier alpha value is -3.52. The Morgan fingerprint density at radius 2 is 1.80 bits per heavy atom. The van der Waals surface area contributed by atoms with Gasteiger partial charge in [-0.2, -0.15) is 0 Å². The van der Waals surface area contributed by atoms with Gasteiger partial charge in [0.2, 0.25) is 0 Å². The van der Waals surface area contributed by atoms with Crippen LogP contribution in [0, 0.1) is 10.1 Å². The first-order valence-corrected chi connectivity index (χ1v) is 9.72. The zero-order valence-corrected chi connectivity index (χ0v) is 16.5. The monoisotopic (exact) mass is 407 g/mol. The average Bonchev–Trinajstić information content (AvgIpc) is 3.27. The molecule has 2 amide bonds. The minimum atomic E-state index is -0.492. The van der Waals surface area contributed by atoms with E-state index in [1.165, 1.54) is 29.2 Å². The van der Waals surface area contributed by atoms with Crippen molar-refractivity contribution in [3.63, 3.8) is 0 Å². The molecule has 0 fully saturated rings. The lowest BCUT2D eigenvalue weighted by molar-refractivity contribution is -0.384. The number of fused-ring (bicyclic) bond motifs is 1. The van der Waals surface area contributed by atoms with Gasteiger partial charge >= 0.3 is 0 Å². The van der Waals surface area contributed by atoms with Crippen LogP contribution in [0.15, 0.2) is 54.2 Å². The first kappa shape index (κ1) is 19.8. The molecule has 0 unspecified atom stereocenters. The van der Waals surface area contributed by atoms with Crippen molar-refractivity contribution in [3.05, 3.63) is 75.5 Å². The van der Waals surface area contributed by atoms with Gasteiger partial charge in [0, 0.05) is 44.6 Å². The molecular formula is C22H21N3O5. The Kier molecular flexibility index (Phi) is 5.33. The number of carbonyl (C=O) groups excluding carboxylic acids is 2. The highest BCUT2D eigenvalue weighted by Crippen LogP contribution is 2.38. The second-order valence-corrected chi connectivity index (χ2v) is 7.17. The number of anilines is 1. The van der Waals surface area contributed by atoms with E-state index in [2.05, 4.69) is 0 Å². The third-order valence-electron chi connectivity index (χ3n) is 5.40. The first-order chi connectivity index (χ1) is 14.5. The lowest BCUT2D eigenvalue weighted by Crippen LogP contribution is -2.36. The van der Waals surface area contributed by atoms with Crippen molar-refractivity contribution in [2.45, 2.75) is 12.8 Å². The number of hydrogen-bond donors (Lipinski definition) is 0. The number of nitrogens with zero attached hydrogens (tertiary/aromatic N) is 3. The summed E-state index contributed by atoms with van der Waals surface area (Å²) in [5.74, 6) is -0.731. The fraction of sp³-hybridized carbons (Fsp3) is 0.273. The van der Waals surface area contributed by atoms with Gasteiger partial charge in [0.05, 0.1) is 10.5 Å². The quantitative estimate of drug-likeness (QED) is 0.303. The van der Waals surface area contributed by atoms with Crippen molar-refractivity contribution in [1.82, 2.24) is 4.90 Å². The molecule has 2 aromatic carbocycles. The van der Waals surface area contributed by atoms with E-state index < -0.39 is 4.92 Å². The van der Waals surface area contributed by atoms with Crippen LogP contribution in [0.4, 0.5) is 11.4 Å². The van der Waals surface area contributed by atoms with Crippen molar-refractivity contribution >= 4 is 28.8 Å². The third kappa shape index (κ3) is 3.35. The van der Waals surface area contributed by atoms with Gasteiger partial charge in [0.15, 0.2) is 0 Å². The van der Waals surface area contributed by atoms with Crippen LogP contribution in [0.5, 0.6) is 0 Å². The molecule has 0 aliphatic carbocycles. The highest BCUT2D eigenvalue weighted by molar-refractivity contribution is 6.36. The smallest absolute Gasteiger partial charge is 0.278 e. The minimum Gasteiger partial charge on any atom is -0.385 e. The predicted molar refractivity (Wildman–Crippen MR) is 111 cm³/mol. The van der Waals surface area contributed by atoms with E-state index in [1.54, 1.807) is 7.11 Å². The number of non-ortho nitro benzene ring substituents is 1. The van der Waals surface area contributed by atoms with Gasteiger partial charge in [-0.3, -0.25) is 24.6 Å². The molecule has 154 valence electrons. The van der Waals surface area contributed by atoms with E-state index in [-0.39, 0.29) is 29.6 Å². The summed E-state index contributed by atoms with van der Waals surface area (Å²) in [6, 6.07) is 13.6. The topological polar surface area (TPSA) is 93.0 Å². The standard InChI is InChI=1S/C22H21N3O5/c1-30-14-4-12-24-21(26)19(16-7-9-17(10-8-16)25(28)29)20(22(24)27)23-13-11-15-5-2-3-6-18(15)23/h2-3,5-10H,4,11-14H2,1H3. The SMILES string of the molecule is COCCCN1C(=O)C(c2ccc([N+](=O)[O-])cc2)=C(N2CCc3ccccc32)C1=O. The molecule has 2 aromatic rings. The minimum absolute atomic E-state index is 0.0684. The van der Waals surface area contributed by atoms with Crippen molar-refractivity contribution < 1.29 is 19.2 Å². The summed E-state index contributed by atoms with van der Waals surface area (Å²) >= 11 is 0. The number of imide groups is 1. The summed E-state index contributed by atoms with van der Waals surface area (Å²) < 4.78 is 5.06. The van der Waals surface area contributed by atoms with E-state index in [1.807, 2.05) is 29.2 Å². The molecule has 0 saturated heterocycles. The van der Waals surface area contributed by atoms with Gasteiger partial charge in [-0.1, -0.05) is 18.2 Å². The van der Waals surface area contributed by atoms with Crippen molar-refractivity contribution in [3.8, 4) is 0 Å². The van der Waals surface area contributed by atoms with Crippen molar-refractivity contribution in [1.29, 1.82) is 0 Å². The van der Waals surface area contributed by atoms with E-state index in [9.17, 15) is 19.7 Å². The molecule has 0 saturated carbocycles. The molecule has 8 nitrogen and oxygen atoms in total. The molecular weight excluding hydrogens is 386 g/mol. The molecule has 0 atom stereocenters. The molecule has 0 spiro atoms. The van der Waals surface area contributed by atoms with Crippen LogP contribution in [0.3, 0.4) is 0 Å². The van der Waals surface area contributed by atoms with Gasteiger partial charge in [0.1, 0.15) is 5.70 Å². The van der Waals surface area contributed by atoms with Crippen LogP contribution < -0.4 is 4.90 Å². The van der Waals surface area contributed by atoms with Crippen LogP contribution >= 0.6 is 0 Å². The van der Waals surface area contributed by atoms with Crippen LogP contribution in [-0.2, 0) is 20.7 Å². The van der Waals surface area contributed by atoms with E-state index in [0.717, 1.165) is 17.7 Å². The Morgan fingerprint density at radius 1 is 1.07 bits per heavy atom. The summed E-state index contributed by atoms with van der Waals surface area (Å²) in [6.07, 6.45) is 1.31. The Labute approximate surface area is 173 Å². The van der Waals surface area contributed by atoms with Gasteiger partial charge in [0.25, 0.3) is 17.5 Å². The molecule has 0 radical (unpaired) electrons. The molecule has 4 rings (SSSR count). The second kappa shape index (κ2) is 8.08. The number of nitro benzene ring substituents is 1. The van der Waals surface area contributed by atoms with Crippen molar-refractivity contribution in [2.24, 2.45) is 0 Å². The van der Waals surface area contributed by atoms with Crippen LogP contribution in [-0.4, -0.2) is 48.4 Å². The number of hydrogen-bond acceptors (Lipinski definition) is 6. The van der Waals surface area contributed by atoms with Crippen LogP contribution in [0.25, 0.3) is 5.57 Å². The zero-order chi connectivity index (χ0) is 21.3. The molecule has 30 heavy (non-hydrogen) atoms. The molecule has 2 aliphatic heterocycles. The van der Waals surface area contributed by atoms with Gasteiger partial charge in [-0.15, -0.1) is 0 Å². The number of amides is 2. The summed E-state index contributed by atoms with van der Waals surface area (Å²) in [4.78, 5) is 40.2. The number of methoxy groups -OCH3 is 1. The summed E-state index contributed by atoms with van der Waals surface area (Å²) in [6.45, 7) is 1.28. The highest BCUT2D eigenvalue weighted by Gasteiger charge is 2.43. The predicted octanol–water partition coefficient (Wildman–Crippen LogP) is 2.77. The van der Waals surface area contributed by atoms with Gasteiger partial charge < -0.3 is 9.64 Å². The molecule has 8 heteroatoms. The summed E-state index contributed by atoms with van der Waals surface area (Å²) in [5.41, 5.74) is 3.06. The fourth-order valence-corrected chi connectivity index (χ4v) is 3.96. The number of ether oxygens (including phenoxy) is 1. The maximum absolute atomic E-state index is 13.3. The van der Waals surface area contributed by atoms with Crippen LogP contribution in [0.2, 0.25) is 0 Å². The molecule has 0 aromatic heterocycles. The zero-order valence-electron chi connectivity index (χ0n) is 16.5. The van der Waals surface area contributed by atoms with E-state index >= 15 is 0 Å². The molecule has 0 N–H and O–H groups in total. The maximum atomic E-state index is 13.3. The van der Waals surface area contributed by atoms with Crippen LogP contribution in [0.1, 0.15) is 17.5 Å². The molecule has 0 bridgehead atoms. The highest BCUT2D eigenvalue weighted by atomic mass is 16.6. The molecule has 2 aliphatic rings. The normalized spacial score (nSPS) is 15.9. The summed E-state index contributed by atoms with van der Waals surface area (Å²) in [5, 5.41) is 11.0. The number of para-hydroxylation sites is 1. The number of carbonyl (C=O) groups is 2. The summed E-state index contributed by atoms with van der Waals surface area (Å²) in [7, 11) is 1.57. The average molecular weight is 407 g/mol. The number of benzene rings is 2. The second-order valence-electron chi connectivity index (χ2n) is 7.17. The van der Waals surface area contributed by atoms with Crippen molar-refractivity contribution in [2.75, 3.05) is 31.7 Å². The third-order valence-corrected chi connectivity index (χ3v) is 5.40. The first-order valence-electron chi connectivity index (χ1n) is 9.72. The Bertz CT molecular complexity index is 1040. The lowest BCUT2D eigenvalue weighted by Gasteiger charge is -2.21. The number of nitro groups is 1. The van der Waals surface area contributed by atoms with Gasteiger partial charge in [-0.05, 0) is 42.2 Å². The van der Waals surface area contributed by atoms with Gasteiger partial charge in [-0.25, -0.2) is 0 Å². The largest absolute Gasteiger partial charge is 0.385 e.